The maximum atomic E-state index is 4.38. The van der Waals surface area contributed by atoms with Gasteiger partial charge in [0.2, 0.25) is 5.82 Å². The molecule has 0 aliphatic heterocycles. The fourth-order valence-electron chi connectivity index (χ4n) is 1.75. The molecule has 0 bridgehead atoms. The summed E-state index contributed by atoms with van der Waals surface area (Å²) < 4.78 is 4.39. The van der Waals surface area contributed by atoms with Crippen LogP contribution in [0.25, 0.3) is 11.2 Å². The molecule has 2 aromatic rings. The van der Waals surface area contributed by atoms with Crippen LogP contribution in [0.15, 0.2) is 18.3 Å². The van der Waals surface area contributed by atoms with Crippen molar-refractivity contribution in [1.82, 2.24) is 9.55 Å². The fraction of sp³-hybridized carbons (Fsp3) is 0.400. The molecule has 0 radical (unpaired) electrons. The van der Waals surface area contributed by atoms with Gasteiger partial charge in [0.15, 0.2) is 5.52 Å². The van der Waals surface area contributed by atoms with Crippen LogP contribution in [0.5, 0.6) is 0 Å². The monoisotopic (exact) mass is 176 g/mol. The van der Waals surface area contributed by atoms with Crippen LogP contribution >= 0.6 is 0 Å². The van der Waals surface area contributed by atoms with E-state index in [0.717, 1.165) is 12.2 Å². The number of fused-ring (bicyclic) bond motifs is 1. The SMILES string of the molecule is CC[n+]1c(C)n(C)c2cccnc21. The minimum absolute atomic E-state index is 0.972. The zero-order valence-corrected chi connectivity index (χ0v) is 8.28. The molecule has 13 heavy (non-hydrogen) atoms. The van der Waals surface area contributed by atoms with Gasteiger partial charge < -0.3 is 0 Å². The molecule has 0 aromatic carbocycles. The lowest BCUT2D eigenvalue weighted by atomic mass is 10.4. The molecular formula is C10H14N3+. The summed E-state index contributed by atoms with van der Waals surface area (Å²) in [5.74, 6) is 1.25. The lowest BCUT2D eigenvalue weighted by Gasteiger charge is -1.93. The number of aromatic nitrogens is 3. The second kappa shape index (κ2) is 2.83. The van der Waals surface area contributed by atoms with E-state index in [-0.39, 0.29) is 0 Å². The molecule has 0 fully saturated rings. The Hall–Kier alpha value is -1.38. The Morgan fingerprint density at radius 1 is 1.54 bits per heavy atom. The molecular weight excluding hydrogens is 162 g/mol. The van der Waals surface area contributed by atoms with Crippen LogP contribution in [-0.2, 0) is 13.6 Å². The number of aryl methyl sites for hydroxylation is 2. The van der Waals surface area contributed by atoms with Crippen LogP contribution < -0.4 is 4.57 Å². The van der Waals surface area contributed by atoms with Crippen molar-refractivity contribution < 1.29 is 4.57 Å². The van der Waals surface area contributed by atoms with Gasteiger partial charge in [0.25, 0.3) is 0 Å². The van der Waals surface area contributed by atoms with E-state index in [2.05, 4.69) is 41.1 Å². The summed E-state index contributed by atoms with van der Waals surface area (Å²) in [4.78, 5) is 4.38. The first kappa shape index (κ1) is 8.23. The Balaban J connectivity index is 2.90. The zero-order chi connectivity index (χ0) is 9.42. The third kappa shape index (κ3) is 1.03. The molecule has 68 valence electrons. The minimum atomic E-state index is 0.972. The zero-order valence-electron chi connectivity index (χ0n) is 8.28. The standard InChI is InChI=1S/C10H14N3/c1-4-13-8(2)12(3)9-6-5-7-11-10(9)13/h5-7H,4H2,1-3H3/q+1. The Labute approximate surface area is 77.6 Å². The van der Waals surface area contributed by atoms with Crippen molar-refractivity contribution in [3.63, 3.8) is 0 Å². The van der Waals surface area contributed by atoms with Crippen LogP contribution in [0.2, 0.25) is 0 Å². The predicted octanol–water partition coefficient (Wildman–Crippen LogP) is 1.19. The number of pyridine rings is 1. The second-order valence-corrected chi connectivity index (χ2v) is 3.20. The van der Waals surface area contributed by atoms with E-state index in [4.69, 9.17) is 0 Å². The van der Waals surface area contributed by atoms with Crippen molar-refractivity contribution >= 4 is 11.2 Å². The highest BCUT2D eigenvalue weighted by Crippen LogP contribution is 2.08. The number of hydrogen-bond donors (Lipinski definition) is 0. The molecule has 0 aliphatic carbocycles. The molecule has 0 spiro atoms. The average molecular weight is 176 g/mol. The summed E-state index contributed by atoms with van der Waals surface area (Å²) in [6.45, 7) is 5.23. The average Bonchev–Trinajstić information content (AvgIpc) is 2.41. The number of hydrogen-bond acceptors (Lipinski definition) is 1. The summed E-state index contributed by atoms with van der Waals surface area (Å²) in [6, 6.07) is 4.07. The smallest absolute Gasteiger partial charge is 0.260 e. The maximum absolute atomic E-state index is 4.38. The first-order valence-electron chi connectivity index (χ1n) is 4.55. The number of nitrogens with zero attached hydrogens (tertiary/aromatic N) is 3. The molecule has 0 atom stereocenters. The quantitative estimate of drug-likeness (QED) is 0.598. The van der Waals surface area contributed by atoms with Crippen LogP contribution in [0.1, 0.15) is 12.7 Å². The molecule has 0 saturated heterocycles. The van der Waals surface area contributed by atoms with E-state index < -0.39 is 0 Å². The summed E-state index contributed by atoms with van der Waals surface area (Å²) in [5.41, 5.74) is 2.27. The van der Waals surface area contributed by atoms with Crippen LogP contribution in [0.3, 0.4) is 0 Å². The largest absolute Gasteiger partial charge is 0.301 e. The Morgan fingerprint density at radius 2 is 2.31 bits per heavy atom. The van der Waals surface area contributed by atoms with Gasteiger partial charge in [0, 0.05) is 6.92 Å². The molecule has 0 N–H and O–H groups in total. The van der Waals surface area contributed by atoms with E-state index >= 15 is 0 Å². The van der Waals surface area contributed by atoms with Gasteiger partial charge in [-0.2, -0.15) is 0 Å². The minimum Gasteiger partial charge on any atom is -0.260 e. The van der Waals surface area contributed by atoms with Crippen molar-refractivity contribution in [3.8, 4) is 0 Å². The summed E-state index contributed by atoms with van der Waals surface area (Å²) in [7, 11) is 2.07. The van der Waals surface area contributed by atoms with E-state index in [1.165, 1.54) is 11.3 Å². The first-order chi connectivity index (χ1) is 6.25. The molecule has 0 saturated carbocycles. The fourth-order valence-corrected chi connectivity index (χ4v) is 1.75. The molecule has 0 aliphatic rings. The van der Waals surface area contributed by atoms with Gasteiger partial charge in [-0.15, -0.1) is 4.98 Å². The van der Waals surface area contributed by atoms with Gasteiger partial charge in [-0.05, 0) is 19.1 Å². The van der Waals surface area contributed by atoms with Gasteiger partial charge in [-0.3, -0.25) is 4.57 Å². The molecule has 2 aromatic heterocycles. The van der Waals surface area contributed by atoms with E-state index in [1.54, 1.807) is 0 Å². The first-order valence-corrected chi connectivity index (χ1v) is 4.55. The Morgan fingerprint density at radius 3 is 3.00 bits per heavy atom. The normalized spacial score (nSPS) is 11.0. The second-order valence-electron chi connectivity index (χ2n) is 3.20. The third-order valence-electron chi connectivity index (χ3n) is 2.58. The highest BCUT2D eigenvalue weighted by molar-refractivity contribution is 5.67. The molecule has 2 rings (SSSR count). The number of rotatable bonds is 1. The molecule has 2 heterocycles. The molecule has 0 amide bonds. The molecule has 3 heteroatoms. The highest BCUT2D eigenvalue weighted by atomic mass is 15.2. The van der Waals surface area contributed by atoms with Gasteiger partial charge >= 0.3 is 5.65 Å². The van der Waals surface area contributed by atoms with Crippen LogP contribution in [0, 0.1) is 6.92 Å². The van der Waals surface area contributed by atoms with E-state index in [1.807, 2.05) is 12.3 Å². The van der Waals surface area contributed by atoms with E-state index in [9.17, 15) is 0 Å². The van der Waals surface area contributed by atoms with Gasteiger partial charge in [0.05, 0.1) is 13.6 Å². The lowest BCUT2D eigenvalue weighted by molar-refractivity contribution is -0.676. The summed E-state index contributed by atoms with van der Waals surface area (Å²) in [6.07, 6.45) is 1.84. The molecule has 3 nitrogen and oxygen atoms in total. The van der Waals surface area contributed by atoms with E-state index in [0.29, 0.717) is 0 Å². The Bertz CT molecular complexity index is 443. The summed E-state index contributed by atoms with van der Waals surface area (Å²) >= 11 is 0. The Kier molecular flexibility index (Phi) is 1.79. The third-order valence-corrected chi connectivity index (χ3v) is 2.58. The van der Waals surface area contributed by atoms with Gasteiger partial charge in [-0.25, -0.2) is 4.57 Å². The van der Waals surface area contributed by atoms with Crippen molar-refractivity contribution in [2.24, 2.45) is 7.05 Å². The topological polar surface area (TPSA) is 21.7 Å². The van der Waals surface area contributed by atoms with Gasteiger partial charge in [0.1, 0.15) is 6.20 Å². The predicted molar refractivity (Wildman–Crippen MR) is 51.3 cm³/mol. The van der Waals surface area contributed by atoms with Gasteiger partial charge in [-0.1, -0.05) is 0 Å². The van der Waals surface area contributed by atoms with Crippen molar-refractivity contribution in [2.75, 3.05) is 0 Å². The number of imidazole rings is 1. The van der Waals surface area contributed by atoms with Crippen LogP contribution in [0.4, 0.5) is 0 Å². The summed E-state index contributed by atoms with van der Waals surface area (Å²) in [5, 5.41) is 0. The maximum Gasteiger partial charge on any atom is 0.301 e. The van der Waals surface area contributed by atoms with Crippen LogP contribution in [-0.4, -0.2) is 9.55 Å². The van der Waals surface area contributed by atoms with Crippen molar-refractivity contribution in [2.45, 2.75) is 20.4 Å². The highest BCUT2D eigenvalue weighted by Gasteiger charge is 2.16. The lowest BCUT2D eigenvalue weighted by Crippen LogP contribution is -2.35. The molecule has 0 unspecified atom stereocenters. The van der Waals surface area contributed by atoms with Crippen molar-refractivity contribution in [3.05, 3.63) is 24.2 Å². The van der Waals surface area contributed by atoms with Crippen molar-refractivity contribution in [1.29, 1.82) is 0 Å².